The zero-order chi connectivity index (χ0) is 17.6. The van der Waals surface area contributed by atoms with Crippen molar-refractivity contribution in [2.45, 2.75) is 38.0 Å². The Morgan fingerprint density at radius 1 is 1.25 bits per heavy atom. The van der Waals surface area contributed by atoms with Gasteiger partial charge in [0.1, 0.15) is 5.82 Å². The summed E-state index contributed by atoms with van der Waals surface area (Å²) in [5.41, 5.74) is -0.822. The van der Waals surface area contributed by atoms with E-state index >= 15 is 0 Å². The van der Waals surface area contributed by atoms with Gasteiger partial charge in [0.15, 0.2) is 0 Å². The Morgan fingerprint density at radius 3 is 2.58 bits per heavy atom. The highest BCUT2D eigenvalue weighted by molar-refractivity contribution is 5.30. The molecule has 1 aromatic carbocycles. The topological polar surface area (TPSA) is 19.6 Å². The lowest BCUT2D eigenvalue weighted by atomic mass is 10.0. The van der Waals surface area contributed by atoms with Crippen molar-refractivity contribution in [3.05, 3.63) is 46.6 Å². The minimum Gasteiger partial charge on any atom is -0.317 e. The van der Waals surface area contributed by atoms with Gasteiger partial charge in [0.05, 0.1) is 5.56 Å². The van der Waals surface area contributed by atoms with Crippen molar-refractivity contribution in [3.63, 3.8) is 0 Å². The Bertz CT molecular complexity index is 574. The first-order chi connectivity index (χ1) is 11.4. The summed E-state index contributed by atoms with van der Waals surface area (Å²) in [6.07, 6.45) is -2.23. The second-order valence-corrected chi connectivity index (χ2v) is 5.99. The number of nitrogens with zero attached hydrogens (tertiary/aromatic N) is 2. The summed E-state index contributed by atoms with van der Waals surface area (Å²) in [6.45, 7) is 9.58. The first-order valence-corrected chi connectivity index (χ1v) is 8.05. The van der Waals surface area contributed by atoms with Crippen LogP contribution in [0.5, 0.6) is 0 Å². The Morgan fingerprint density at radius 2 is 1.96 bits per heavy atom. The maximum Gasteiger partial charge on any atom is 0.416 e. The largest absolute Gasteiger partial charge is 0.416 e. The van der Waals surface area contributed by atoms with E-state index in [1.165, 1.54) is 6.07 Å². The number of halogens is 4. The van der Waals surface area contributed by atoms with Crippen molar-refractivity contribution in [2.75, 3.05) is 26.2 Å². The van der Waals surface area contributed by atoms with Crippen molar-refractivity contribution in [3.8, 4) is 0 Å². The average Bonchev–Trinajstić information content (AvgIpc) is 2.55. The molecule has 1 fully saturated rings. The zero-order valence-electron chi connectivity index (χ0n) is 13.4. The third kappa shape index (κ3) is 5.18. The molecular formula is C17H21F4N3. The maximum absolute atomic E-state index is 13.3. The Hall–Kier alpha value is -1.65. The van der Waals surface area contributed by atoms with Crippen LogP contribution in [0.1, 0.15) is 30.4 Å². The first-order valence-electron chi connectivity index (χ1n) is 8.05. The van der Waals surface area contributed by atoms with E-state index in [1.54, 1.807) is 0 Å². The lowest BCUT2D eigenvalue weighted by Crippen LogP contribution is -2.43. The molecule has 24 heavy (non-hydrogen) atoms. The minimum atomic E-state index is -4.58. The van der Waals surface area contributed by atoms with Crippen LogP contribution >= 0.6 is 0 Å². The molecular weight excluding hydrogens is 322 g/mol. The number of nitrogens with one attached hydrogen (secondary N) is 1. The van der Waals surface area contributed by atoms with E-state index in [2.05, 4.69) is 10.2 Å². The molecule has 1 heterocycles. The van der Waals surface area contributed by atoms with Crippen LogP contribution in [-0.2, 0) is 12.7 Å². The fourth-order valence-electron chi connectivity index (χ4n) is 3.08. The lowest BCUT2D eigenvalue weighted by molar-refractivity contribution is -0.138. The fourth-order valence-corrected chi connectivity index (χ4v) is 3.08. The standard InChI is InChI=1S/C17H21F4N3/c1-22-7-2-10-24(15-5-8-23-9-6-15)12-13-3-4-14(18)11-16(13)17(19,20)21/h3-4,11,15,23H,2,5-10,12H2. The predicted octanol–water partition coefficient (Wildman–Crippen LogP) is 3.71. The van der Waals surface area contributed by atoms with E-state index in [0.717, 1.165) is 32.0 Å². The Labute approximate surface area is 139 Å². The molecule has 1 saturated heterocycles. The smallest absolute Gasteiger partial charge is 0.317 e. The number of benzene rings is 1. The van der Waals surface area contributed by atoms with E-state index in [1.807, 2.05) is 4.90 Å². The second kappa shape index (κ2) is 8.45. The molecule has 0 radical (unpaired) electrons. The molecule has 0 atom stereocenters. The van der Waals surface area contributed by atoms with E-state index in [4.69, 9.17) is 6.57 Å². The van der Waals surface area contributed by atoms with Gasteiger partial charge in [-0.15, -0.1) is 0 Å². The summed E-state index contributed by atoms with van der Waals surface area (Å²) in [7, 11) is 0. The highest BCUT2D eigenvalue weighted by Gasteiger charge is 2.34. The Kier molecular flexibility index (Phi) is 6.58. The van der Waals surface area contributed by atoms with E-state index in [9.17, 15) is 17.6 Å². The van der Waals surface area contributed by atoms with Gasteiger partial charge in [0.25, 0.3) is 0 Å². The van der Waals surface area contributed by atoms with Gasteiger partial charge in [0, 0.05) is 25.6 Å². The van der Waals surface area contributed by atoms with Crippen LogP contribution in [0, 0.1) is 12.4 Å². The third-order valence-electron chi connectivity index (χ3n) is 4.29. The molecule has 0 bridgehead atoms. The van der Waals surface area contributed by atoms with Crippen molar-refractivity contribution >= 4 is 0 Å². The quantitative estimate of drug-likeness (QED) is 0.483. The molecule has 1 N–H and O–H groups in total. The number of alkyl halides is 3. The summed E-state index contributed by atoms with van der Waals surface area (Å²) in [6, 6.07) is 3.05. The van der Waals surface area contributed by atoms with Crippen LogP contribution in [0.2, 0.25) is 0 Å². The SMILES string of the molecule is [C-]#[N+]CCCN(Cc1ccc(F)cc1C(F)(F)F)C1CCNCC1. The number of rotatable bonds is 6. The van der Waals surface area contributed by atoms with Gasteiger partial charge in [-0.05, 0) is 43.6 Å². The summed E-state index contributed by atoms with van der Waals surface area (Å²) in [5.74, 6) is -0.882. The monoisotopic (exact) mass is 343 g/mol. The Balaban J connectivity index is 2.20. The molecule has 0 unspecified atom stereocenters. The second-order valence-electron chi connectivity index (χ2n) is 5.99. The van der Waals surface area contributed by atoms with Crippen molar-refractivity contribution in [1.29, 1.82) is 0 Å². The lowest BCUT2D eigenvalue weighted by Gasteiger charge is -2.35. The van der Waals surface area contributed by atoms with Crippen LogP contribution < -0.4 is 5.32 Å². The third-order valence-corrected chi connectivity index (χ3v) is 4.29. The highest BCUT2D eigenvalue weighted by atomic mass is 19.4. The number of hydrogen-bond acceptors (Lipinski definition) is 2. The molecule has 1 aromatic rings. The van der Waals surface area contributed by atoms with Crippen LogP contribution in [-0.4, -0.2) is 37.1 Å². The van der Waals surface area contributed by atoms with Gasteiger partial charge in [-0.25, -0.2) is 11.0 Å². The molecule has 0 saturated carbocycles. The summed E-state index contributed by atoms with van der Waals surface area (Å²) < 4.78 is 52.8. The normalized spacial score (nSPS) is 16.3. The predicted molar refractivity (Wildman–Crippen MR) is 83.8 cm³/mol. The molecule has 0 spiro atoms. The molecule has 0 aliphatic carbocycles. The van der Waals surface area contributed by atoms with Crippen molar-refractivity contribution in [2.24, 2.45) is 0 Å². The molecule has 0 aromatic heterocycles. The molecule has 1 aliphatic heterocycles. The highest BCUT2D eigenvalue weighted by Crippen LogP contribution is 2.33. The van der Waals surface area contributed by atoms with E-state index < -0.39 is 17.6 Å². The average molecular weight is 343 g/mol. The number of hydrogen-bond donors (Lipinski definition) is 1. The van der Waals surface area contributed by atoms with Crippen LogP contribution in [0.4, 0.5) is 17.6 Å². The molecule has 1 aliphatic rings. The minimum absolute atomic E-state index is 0.0882. The van der Waals surface area contributed by atoms with Gasteiger partial charge in [-0.1, -0.05) is 6.07 Å². The van der Waals surface area contributed by atoms with Crippen molar-refractivity contribution in [1.82, 2.24) is 10.2 Å². The van der Waals surface area contributed by atoms with Crippen LogP contribution in [0.3, 0.4) is 0 Å². The van der Waals surface area contributed by atoms with E-state index in [-0.39, 0.29) is 18.2 Å². The first kappa shape index (κ1) is 18.7. The molecule has 2 rings (SSSR count). The maximum atomic E-state index is 13.3. The fraction of sp³-hybridized carbons (Fsp3) is 0.588. The molecule has 3 nitrogen and oxygen atoms in total. The number of piperidine rings is 1. The van der Waals surface area contributed by atoms with Gasteiger partial charge in [0.2, 0.25) is 6.54 Å². The zero-order valence-corrected chi connectivity index (χ0v) is 13.4. The van der Waals surface area contributed by atoms with Gasteiger partial charge in [-0.3, -0.25) is 4.90 Å². The van der Waals surface area contributed by atoms with Crippen LogP contribution in [0.25, 0.3) is 4.85 Å². The van der Waals surface area contributed by atoms with Crippen molar-refractivity contribution < 1.29 is 17.6 Å². The van der Waals surface area contributed by atoms with Crippen LogP contribution in [0.15, 0.2) is 18.2 Å². The van der Waals surface area contributed by atoms with E-state index in [0.29, 0.717) is 25.6 Å². The summed E-state index contributed by atoms with van der Waals surface area (Å²) >= 11 is 0. The summed E-state index contributed by atoms with van der Waals surface area (Å²) in [5, 5.41) is 3.24. The molecule has 0 amide bonds. The molecule has 132 valence electrons. The molecule has 7 heteroatoms. The van der Waals surface area contributed by atoms with Gasteiger partial charge < -0.3 is 10.2 Å². The summed E-state index contributed by atoms with van der Waals surface area (Å²) in [4.78, 5) is 5.32. The van der Waals surface area contributed by atoms with Gasteiger partial charge in [-0.2, -0.15) is 13.2 Å². The van der Waals surface area contributed by atoms with Gasteiger partial charge >= 0.3 is 6.18 Å².